The lowest BCUT2D eigenvalue weighted by Crippen LogP contribution is -2.65. The second kappa shape index (κ2) is 10.2. The number of halogens is 3. The first kappa shape index (κ1) is 25.8. The number of aromatic nitrogens is 4. The van der Waals surface area contributed by atoms with Crippen LogP contribution >= 0.6 is 0 Å². The highest BCUT2D eigenvalue weighted by Gasteiger charge is 2.45. The van der Waals surface area contributed by atoms with Gasteiger partial charge < -0.3 is 15.8 Å². The Balaban J connectivity index is 1.58. The lowest BCUT2D eigenvalue weighted by Gasteiger charge is -2.53. The van der Waals surface area contributed by atoms with Crippen molar-refractivity contribution in [2.45, 2.75) is 51.1 Å². The summed E-state index contributed by atoms with van der Waals surface area (Å²) >= 11 is 0. The number of anilines is 1. The van der Waals surface area contributed by atoms with Gasteiger partial charge in [-0.1, -0.05) is 6.92 Å². The molecule has 3 fully saturated rings. The Morgan fingerprint density at radius 2 is 1.89 bits per heavy atom. The molecule has 1 saturated carbocycles. The fraction of sp³-hybridized carbons (Fsp3) is 0.423. The van der Waals surface area contributed by atoms with Crippen molar-refractivity contribution in [2.24, 2.45) is 0 Å². The van der Waals surface area contributed by atoms with Gasteiger partial charge in [0.05, 0.1) is 29.6 Å². The Hall–Kier alpha value is -3.80. The number of carbonyl (C=O) groups excluding carboxylic acids is 1. The van der Waals surface area contributed by atoms with Crippen molar-refractivity contribution in [1.29, 1.82) is 0 Å². The average molecular weight is 528 g/mol. The molecule has 2 bridgehead atoms. The Labute approximate surface area is 217 Å². The number of nitrogens with one attached hydrogen (secondary N) is 1. The zero-order valence-corrected chi connectivity index (χ0v) is 21.1. The number of piperidine rings is 2. The predicted molar refractivity (Wildman–Crippen MR) is 134 cm³/mol. The third kappa shape index (κ3) is 4.75. The number of rotatable bonds is 7. The normalized spacial score (nSPS) is 20.9. The minimum absolute atomic E-state index is 0.0417. The molecule has 6 rings (SSSR count). The molecule has 3 aromatic heterocycles. The number of hydrogen-bond donors (Lipinski definition) is 2. The number of amides is 1. The van der Waals surface area contributed by atoms with Crippen LogP contribution in [0.2, 0.25) is 0 Å². The van der Waals surface area contributed by atoms with E-state index in [-0.39, 0.29) is 35.0 Å². The molecule has 12 heteroatoms. The van der Waals surface area contributed by atoms with E-state index in [1.807, 2.05) is 0 Å². The Bertz CT molecular complexity index is 1380. The van der Waals surface area contributed by atoms with Gasteiger partial charge in [0, 0.05) is 24.3 Å². The van der Waals surface area contributed by atoms with Crippen LogP contribution in [0.1, 0.15) is 49.9 Å². The van der Waals surface area contributed by atoms with Crippen molar-refractivity contribution in [1.82, 2.24) is 30.2 Å². The minimum atomic E-state index is -1.11. The summed E-state index contributed by atoms with van der Waals surface area (Å²) in [5, 5.41) is 3.07. The third-order valence-electron chi connectivity index (χ3n) is 7.30. The minimum Gasteiger partial charge on any atom is -0.476 e. The number of fused-ring (bicyclic) bond motifs is 3. The van der Waals surface area contributed by atoms with E-state index < -0.39 is 40.5 Å². The molecule has 38 heavy (non-hydrogen) atoms. The van der Waals surface area contributed by atoms with Gasteiger partial charge in [0.25, 0.3) is 11.9 Å². The molecule has 0 aromatic carbocycles. The third-order valence-corrected chi connectivity index (χ3v) is 7.30. The highest BCUT2D eigenvalue weighted by Crippen LogP contribution is 2.38. The molecular weight excluding hydrogens is 499 g/mol. The summed E-state index contributed by atoms with van der Waals surface area (Å²) in [5.41, 5.74) is 4.13. The molecule has 0 unspecified atom stereocenters. The number of nitrogens with zero attached hydrogens (tertiary/aromatic N) is 5. The van der Waals surface area contributed by atoms with E-state index in [4.69, 9.17) is 10.5 Å². The van der Waals surface area contributed by atoms with Crippen LogP contribution in [0.4, 0.5) is 19.0 Å². The van der Waals surface area contributed by atoms with Gasteiger partial charge in [0.2, 0.25) is 5.88 Å². The summed E-state index contributed by atoms with van der Waals surface area (Å²) < 4.78 is 49.7. The number of likely N-dealkylation sites (N-methyl/N-ethyl adjacent to an activating group) is 1. The lowest BCUT2D eigenvalue weighted by atomic mass is 9.73. The summed E-state index contributed by atoms with van der Waals surface area (Å²) in [7, 11) is 0. The smallest absolute Gasteiger partial charge is 0.256 e. The van der Waals surface area contributed by atoms with Crippen LogP contribution in [-0.4, -0.2) is 62.0 Å². The van der Waals surface area contributed by atoms with Crippen LogP contribution in [0.25, 0.3) is 22.6 Å². The molecule has 0 radical (unpaired) electrons. The van der Waals surface area contributed by atoms with Crippen LogP contribution in [0.3, 0.4) is 0 Å². The summed E-state index contributed by atoms with van der Waals surface area (Å²) in [6, 6.07) is 2.85. The van der Waals surface area contributed by atoms with E-state index in [1.54, 1.807) is 6.92 Å². The van der Waals surface area contributed by atoms with Gasteiger partial charge in [-0.05, 0) is 51.3 Å². The zero-order valence-electron chi connectivity index (χ0n) is 21.1. The Morgan fingerprint density at radius 1 is 1.13 bits per heavy atom. The fourth-order valence-corrected chi connectivity index (χ4v) is 5.35. The van der Waals surface area contributed by atoms with Gasteiger partial charge in [-0.2, -0.15) is 4.39 Å². The van der Waals surface area contributed by atoms with Gasteiger partial charge in [-0.15, -0.1) is 0 Å². The number of carbonyl (C=O) groups is 1. The molecule has 0 spiro atoms. The molecule has 1 aliphatic carbocycles. The van der Waals surface area contributed by atoms with Crippen LogP contribution < -0.4 is 15.8 Å². The molecule has 2 aliphatic heterocycles. The second-order valence-electron chi connectivity index (χ2n) is 9.62. The molecular formula is C26H28F3N7O2. The van der Waals surface area contributed by atoms with Crippen LogP contribution in [-0.2, 0) is 0 Å². The molecule has 1 amide bonds. The quantitative estimate of drug-likeness (QED) is 0.477. The molecule has 3 aliphatic rings. The first-order valence-electron chi connectivity index (χ1n) is 12.6. The standard InChI is InChI=1S/C26H28F3N7O2/c1-3-36-13-26(7-5-15(36)6-8-26)35-24(37)16-10-18(14-9-17(27)25(32-11-14)38-4-2)33-21(20(16)28)19-12-31-23(30)22(29)34-19/h9-12,15H,3-8,13H2,1-2H3,(H2,30,31)(H,35,37). The maximum Gasteiger partial charge on any atom is 0.256 e. The van der Waals surface area contributed by atoms with E-state index in [0.29, 0.717) is 12.6 Å². The van der Waals surface area contributed by atoms with Gasteiger partial charge >= 0.3 is 0 Å². The largest absolute Gasteiger partial charge is 0.476 e. The molecule has 3 N–H and O–H groups in total. The maximum absolute atomic E-state index is 15.9. The van der Waals surface area contributed by atoms with Crippen LogP contribution in [0.15, 0.2) is 24.5 Å². The molecule has 5 heterocycles. The Morgan fingerprint density at radius 3 is 2.55 bits per heavy atom. The van der Waals surface area contributed by atoms with Crippen molar-refractivity contribution in [3.05, 3.63) is 47.7 Å². The molecule has 0 atom stereocenters. The van der Waals surface area contributed by atoms with E-state index in [2.05, 4.69) is 37.1 Å². The predicted octanol–water partition coefficient (Wildman–Crippen LogP) is 3.75. The summed E-state index contributed by atoms with van der Waals surface area (Å²) in [4.78, 5) is 31.5. The Kier molecular flexibility index (Phi) is 6.91. The average Bonchev–Trinajstić information content (AvgIpc) is 2.92. The van der Waals surface area contributed by atoms with Gasteiger partial charge in [-0.3, -0.25) is 9.69 Å². The molecule has 200 valence electrons. The number of ether oxygens (including phenoxy) is 1. The van der Waals surface area contributed by atoms with Crippen molar-refractivity contribution in [2.75, 3.05) is 25.4 Å². The summed E-state index contributed by atoms with van der Waals surface area (Å²) in [6.45, 7) is 5.52. The zero-order chi connectivity index (χ0) is 27.0. The van der Waals surface area contributed by atoms with Crippen molar-refractivity contribution < 1.29 is 22.7 Å². The van der Waals surface area contributed by atoms with Crippen molar-refractivity contribution >= 4 is 11.7 Å². The number of nitrogens with two attached hydrogens (primary N) is 1. The lowest BCUT2D eigenvalue weighted by molar-refractivity contribution is 0.0140. The maximum atomic E-state index is 15.9. The summed E-state index contributed by atoms with van der Waals surface area (Å²) in [6.07, 6.45) is 5.83. The monoisotopic (exact) mass is 527 g/mol. The van der Waals surface area contributed by atoms with Crippen molar-refractivity contribution in [3.63, 3.8) is 0 Å². The highest BCUT2D eigenvalue weighted by molar-refractivity contribution is 5.97. The SMILES string of the molecule is CCOc1ncc(-c2cc(C(=O)NC34CCC(CC3)N(CC)C4)c(F)c(-c3cnc(N)c(F)n3)n2)cc1F. The number of pyridine rings is 2. The second-order valence-corrected chi connectivity index (χ2v) is 9.62. The number of nitrogen functional groups attached to an aromatic ring is 1. The van der Waals surface area contributed by atoms with Gasteiger partial charge in [-0.25, -0.2) is 28.7 Å². The molecule has 9 nitrogen and oxygen atoms in total. The van der Waals surface area contributed by atoms with Crippen LogP contribution in [0.5, 0.6) is 5.88 Å². The summed E-state index contributed by atoms with van der Waals surface area (Å²) in [5.74, 6) is -4.17. The van der Waals surface area contributed by atoms with Gasteiger partial charge in [0.15, 0.2) is 17.5 Å². The van der Waals surface area contributed by atoms with Crippen LogP contribution in [0, 0.1) is 17.6 Å². The highest BCUT2D eigenvalue weighted by atomic mass is 19.1. The molecule has 2 saturated heterocycles. The van der Waals surface area contributed by atoms with Gasteiger partial charge in [0.1, 0.15) is 11.4 Å². The topological polar surface area (TPSA) is 119 Å². The first-order chi connectivity index (χ1) is 18.2. The van der Waals surface area contributed by atoms with E-state index in [0.717, 1.165) is 44.5 Å². The fourth-order valence-electron chi connectivity index (χ4n) is 5.35. The van der Waals surface area contributed by atoms with E-state index >= 15 is 4.39 Å². The number of hydrogen-bond acceptors (Lipinski definition) is 8. The van der Waals surface area contributed by atoms with Crippen molar-refractivity contribution in [3.8, 4) is 28.5 Å². The first-order valence-corrected chi connectivity index (χ1v) is 12.6. The molecule has 3 aromatic rings. The van der Waals surface area contributed by atoms with E-state index in [1.165, 1.54) is 12.3 Å². The van der Waals surface area contributed by atoms with E-state index in [9.17, 15) is 13.6 Å².